The van der Waals surface area contributed by atoms with E-state index in [0.717, 1.165) is 4.90 Å². The van der Waals surface area contributed by atoms with Crippen LogP contribution in [0, 0.1) is 0 Å². The summed E-state index contributed by atoms with van der Waals surface area (Å²) in [5, 5.41) is 0. The van der Waals surface area contributed by atoms with E-state index in [1.807, 2.05) is 0 Å². The van der Waals surface area contributed by atoms with Crippen molar-refractivity contribution in [1.29, 1.82) is 0 Å². The van der Waals surface area contributed by atoms with E-state index >= 15 is 0 Å². The molecule has 158 valence electrons. The Balaban J connectivity index is 2.30. The molecule has 0 saturated heterocycles. The van der Waals surface area contributed by atoms with Crippen LogP contribution in [0.5, 0.6) is 0 Å². The molecule has 11 heteroatoms. The highest BCUT2D eigenvalue weighted by atomic mass is 19.4. The minimum Gasteiger partial charge on any atom is -0.336 e. The summed E-state index contributed by atoms with van der Waals surface area (Å²) >= 11 is 0. The van der Waals surface area contributed by atoms with Crippen molar-refractivity contribution in [3.05, 3.63) is 58.7 Å². The highest BCUT2D eigenvalue weighted by molar-refractivity contribution is 5.92. The van der Waals surface area contributed by atoms with Gasteiger partial charge < -0.3 is 9.80 Å². The zero-order valence-corrected chi connectivity index (χ0v) is 15.8. The molecule has 0 atom stereocenters. The number of rotatable bonds is 5. The molecule has 0 aliphatic carbocycles. The first-order valence-electron chi connectivity index (χ1n) is 8.28. The van der Waals surface area contributed by atoms with Crippen LogP contribution in [0.25, 0.3) is 0 Å². The van der Waals surface area contributed by atoms with E-state index in [1.54, 1.807) is 19.0 Å². The second kappa shape index (κ2) is 8.36. The molecule has 1 aromatic carbocycles. The standard InChI is InChI=1S/C18H18F6N4O/c1-27(2)10-15-25-5-4-14(26-15)16(29)28(3)9-11-6-12(17(19,20)21)8-13(7-11)18(22,23)24/h4-8H,9-10H2,1-3H3. The number of alkyl halides is 6. The Labute approximate surface area is 163 Å². The molecule has 0 aliphatic rings. The number of nitrogens with zero attached hydrogens (tertiary/aromatic N) is 4. The fraction of sp³-hybridized carbons (Fsp3) is 0.389. The topological polar surface area (TPSA) is 49.3 Å². The smallest absolute Gasteiger partial charge is 0.336 e. The molecule has 1 amide bonds. The first kappa shape index (κ1) is 22.6. The zero-order valence-electron chi connectivity index (χ0n) is 15.8. The molecule has 1 heterocycles. The first-order valence-corrected chi connectivity index (χ1v) is 8.28. The van der Waals surface area contributed by atoms with Crippen LogP contribution in [0.2, 0.25) is 0 Å². The lowest BCUT2D eigenvalue weighted by Crippen LogP contribution is -2.28. The van der Waals surface area contributed by atoms with Crippen LogP contribution >= 0.6 is 0 Å². The zero-order chi connectivity index (χ0) is 22.0. The van der Waals surface area contributed by atoms with Gasteiger partial charge in [0, 0.05) is 19.8 Å². The number of carbonyl (C=O) groups excluding carboxylic acids is 1. The molecular weight excluding hydrogens is 402 g/mol. The van der Waals surface area contributed by atoms with Gasteiger partial charge in [-0.25, -0.2) is 9.97 Å². The van der Waals surface area contributed by atoms with Crippen molar-refractivity contribution in [1.82, 2.24) is 19.8 Å². The van der Waals surface area contributed by atoms with Crippen LogP contribution in [0.4, 0.5) is 26.3 Å². The van der Waals surface area contributed by atoms with Crippen LogP contribution in [0.1, 0.15) is 33.0 Å². The summed E-state index contributed by atoms with van der Waals surface area (Å²) in [6.07, 6.45) is -8.54. The molecule has 0 spiro atoms. The monoisotopic (exact) mass is 420 g/mol. The summed E-state index contributed by atoms with van der Waals surface area (Å²) in [7, 11) is 4.81. The maximum Gasteiger partial charge on any atom is 0.416 e. The van der Waals surface area contributed by atoms with Gasteiger partial charge in [0.05, 0.1) is 17.7 Å². The fourth-order valence-corrected chi connectivity index (χ4v) is 2.53. The SMILES string of the molecule is CN(C)Cc1nccc(C(=O)N(C)Cc2cc(C(F)(F)F)cc(C(F)(F)F)c2)n1. The number of carbonyl (C=O) groups is 1. The summed E-state index contributed by atoms with van der Waals surface area (Å²) < 4.78 is 77.9. The van der Waals surface area contributed by atoms with Crippen LogP contribution in [-0.4, -0.2) is 46.8 Å². The van der Waals surface area contributed by atoms with Gasteiger partial charge in [-0.2, -0.15) is 26.3 Å². The molecule has 0 bridgehead atoms. The van der Waals surface area contributed by atoms with Crippen molar-refractivity contribution in [3.8, 4) is 0 Å². The second-order valence-corrected chi connectivity index (χ2v) is 6.67. The van der Waals surface area contributed by atoms with E-state index in [-0.39, 0.29) is 17.3 Å². The van der Waals surface area contributed by atoms with Gasteiger partial charge in [0.2, 0.25) is 0 Å². The third kappa shape index (κ3) is 6.14. The van der Waals surface area contributed by atoms with Crippen molar-refractivity contribution >= 4 is 5.91 Å². The lowest BCUT2D eigenvalue weighted by atomic mass is 10.0. The Morgan fingerprint density at radius 2 is 1.48 bits per heavy atom. The van der Waals surface area contributed by atoms with Crippen LogP contribution in [0.3, 0.4) is 0 Å². The van der Waals surface area contributed by atoms with Crippen molar-refractivity contribution in [3.63, 3.8) is 0 Å². The van der Waals surface area contributed by atoms with Gasteiger partial charge in [0.1, 0.15) is 11.5 Å². The number of aromatic nitrogens is 2. The number of benzene rings is 1. The van der Waals surface area contributed by atoms with Crippen molar-refractivity contribution in [2.24, 2.45) is 0 Å². The molecule has 2 aromatic rings. The van der Waals surface area contributed by atoms with Gasteiger partial charge in [-0.1, -0.05) is 0 Å². The molecule has 1 aromatic heterocycles. The molecule has 0 N–H and O–H groups in total. The number of amides is 1. The maximum absolute atomic E-state index is 13.0. The predicted molar refractivity (Wildman–Crippen MR) is 91.7 cm³/mol. The molecule has 0 fully saturated rings. The van der Waals surface area contributed by atoms with E-state index in [0.29, 0.717) is 24.5 Å². The lowest BCUT2D eigenvalue weighted by Gasteiger charge is -2.20. The Kier molecular flexibility index (Phi) is 6.51. The van der Waals surface area contributed by atoms with E-state index in [4.69, 9.17) is 0 Å². The quantitative estimate of drug-likeness (QED) is 0.690. The second-order valence-electron chi connectivity index (χ2n) is 6.67. The number of hydrogen-bond donors (Lipinski definition) is 0. The summed E-state index contributed by atoms with van der Waals surface area (Å²) in [5.74, 6) is -0.300. The van der Waals surface area contributed by atoms with Gasteiger partial charge in [-0.3, -0.25) is 4.79 Å². The fourth-order valence-electron chi connectivity index (χ4n) is 2.53. The van der Waals surface area contributed by atoms with E-state index in [9.17, 15) is 31.1 Å². The molecule has 2 rings (SSSR count). The average molecular weight is 420 g/mol. The third-order valence-corrected chi connectivity index (χ3v) is 3.80. The van der Waals surface area contributed by atoms with Crippen molar-refractivity contribution < 1.29 is 31.1 Å². The molecule has 0 saturated carbocycles. The molecule has 0 radical (unpaired) electrons. The lowest BCUT2D eigenvalue weighted by molar-refractivity contribution is -0.143. The predicted octanol–water partition coefficient (Wildman–Crippen LogP) is 3.85. The molecule has 5 nitrogen and oxygen atoms in total. The minimum atomic E-state index is -4.95. The Hall–Kier alpha value is -2.69. The Morgan fingerprint density at radius 3 is 1.97 bits per heavy atom. The number of hydrogen-bond acceptors (Lipinski definition) is 4. The largest absolute Gasteiger partial charge is 0.416 e. The summed E-state index contributed by atoms with van der Waals surface area (Å²) in [4.78, 5) is 23.4. The molecule has 29 heavy (non-hydrogen) atoms. The molecule has 0 unspecified atom stereocenters. The average Bonchev–Trinajstić information content (AvgIpc) is 2.59. The number of halogens is 6. The summed E-state index contributed by atoms with van der Waals surface area (Å²) in [6, 6.07) is 2.56. The van der Waals surface area contributed by atoms with Gasteiger partial charge >= 0.3 is 12.4 Å². The maximum atomic E-state index is 13.0. The Bertz CT molecular complexity index is 847. The Morgan fingerprint density at radius 1 is 0.931 bits per heavy atom. The van der Waals surface area contributed by atoms with Crippen LogP contribution in [0.15, 0.2) is 30.5 Å². The summed E-state index contributed by atoms with van der Waals surface area (Å²) in [6.45, 7) is -0.105. The first-order chi connectivity index (χ1) is 13.3. The van der Waals surface area contributed by atoms with Crippen LogP contribution < -0.4 is 0 Å². The van der Waals surface area contributed by atoms with Gasteiger partial charge in [-0.15, -0.1) is 0 Å². The highest BCUT2D eigenvalue weighted by Gasteiger charge is 2.37. The van der Waals surface area contributed by atoms with E-state index < -0.39 is 35.9 Å². The van der Waals surface area contributed by atoms with Crippen molar-refractivity contribution in [2.45, 2.75) is 25.4 Å². The van der Waals surface area contributed by atoms with Gasteiger partial charge in [0.15, 0.2) is 0 Å². The summed E-state index contributed by atoms with van der Waals surface area (Å²) in [5.41, 5.74) is -3.18. The normalized spacial score (nSPS) is 12.3. The van der Waals surface area contributed by atoms with Gasteiger partial charge in [0.25, 0.3) is 5.91 Å². The molecule has 0 aliphatic heterocycles. The van der Waals surface area contributed by atoms with Crippen LogP contribution in [-0.2, 0) is 25.4 Å². The third-order valence-electron chi connectivity index (χ3n) is 3.80. The van der Waals surface area contributed by atoms with Gasteiger partial charge in [-0.05, 0) is 43.9 Å². The minimum absolute atomic E-state index is 0.0117. The van der Waals surface area contributed by atoms with E-state index in [1.165, 1.54) is 19.3 Å². The van der Waals surface area contributed by atoms with Crippen molar-refractivity contribution in [2.75, 3.05) is 21.1 Å². The molecular formula is C18H18F6N4O. The highest BCUT2D eigenvalue weighted by Crippen LogP contribution is 2.36. The van der Waals surface area contributed by atoms with E-state index in [2.05, 4.69) is 9.97 Å².